The van der Waals surface area contributed by atoms with E-state index >= 15 is 0 Å². The van der Waals surface area contributed by atoms with Crippen LogP contribution >= 0.6 is 23.4 Å². The maximum absolute atomic E-state index is 12.8. The van der Waals surface area contributed by atoms with Gasteiger partial charge in [0, 0.05) is 5.02 Å². The topological polar surface area (TPSA) is 93.1 Å². The molecule has 7 nitrogen and oxygen atoms in total. The summed E-state index contributed by atoms with van der Waals surface area (Å²) in [6, 6.07) is 18.0. The molecule has 4 rings (SSSR count). The molecule has 172 valence electrons. The molecule has 3 aromatic carbocycles. The highest BCUT2D eigenvalue weighted by atomic mass is 35.5. The van der Waals surface area contributed by atoms with Crippen LogP contribution < -0.4 is 14.4 Å². The lowest BCUT2D eigenvalue weighted by Crippen LogP contribution is -2.27. The molecule has 0 spiro atoms. The minimum atomic E-state index is -0.990. The number of rotatable bonds is 7. The molecule has 1 saturated heterocycles. The second kappa shape index (κ2) is 10.0. The van der Waals surface area contributed by atoms with Crippen molar-refractivity contribution in [2.45, 2.75) is 6.61 Å². The van der Waals surface area contributed by atoms with Crippen LogP contribution in [0.2, 0.25) is 5.02 Å². The molecular weight excluding hydrogens is 478 g/mol. The zero-order chi connectivity index (χ0) is 24.2. The average Bonchev–Trinajstić information content (AvgIpc) is 3.11. The third kappa shape index (κ3) is 5.08. The monoisotopic (exact) mass is 495 g/mol. The van der Waals surface area contributed by atoms with Gasteiger partial charge in [0.15, 0.2) is 11.5 Å². The Balaban J connectivity index is 1.49. The van der Waals surface area contributed by atoms with E-state index in [-0.39, 0.29) is 22.3 Å². The van der Waals surface area contributed by atoms with Crippen molar-refractivity contribution in [2.24, 2.45) is 0 Å². The van der Waals surface area contributed by atoms with Gasteiger partial charge >= 0.3 is 5.97 Å². The summed E-state index contributed by atoms with van der Waals surface area (Å²) in [5, 5.41) is 9.11. The van der Waals surface area contributed by atoms with Gasteiger partial charge in [-0.25, -0.2) is 9.69 Å². The first-order valence-corrected chi connectivity index (χ1v) is 11.2. The fourth-order valence-corrected chi connectivity index (χ4v) is 4.20. The summed E-state index contributed by atoms with van der Waals surface area (Å²) in [4.78, 5) is 37.7. The molecule has 2 amide bonds. The summed E-state index contributed by atoms with van der Waals surface area (Å²) >= 11 is 6.75. The van der Waals surface area contributed by atoms with Crippen LogP contribution in [0.1, 0.15) is 21.5 Å². The van der Waals surface area contributed by atoms with E-state index in [2.05, 4.69) is 0 Å². The van der Waals surface area contributed by atoms with E-state index in [1.807, 2.05) is 0 Å². The van der Waals surface area contributed by atoms with Gasteiger partial charge in [-0.05, 0) is 77.5 Å². The Bertz CT molecular complexity index is 1290. The predicted octanol–water partition coefficient (Wildman–Crippen LogP) is 5.87. The second-order valence-corrected chi connectivity index (χ2v) is 8.62. The molecule has 0 unspecified atom stereocenters. The fraction of sp³-hybridized carbons (Fsp3) is 0.0800. The molecule has 1 heterocycles. The Morgan fingerprint density at radius 3 is 2.38 bits per heavy atom. The molecule has 34 heavy (non-hydrogen) atoms. The third-order valence-electron chi connectivity index (χ3n) is 4.96. The second-order valence-electron chi connectivity index (χ2n) is 7.19. The summed E-state index contributed by atoms with van der Waals surface area (Å²) < 4.78 is 11.2. The van der Waals surface area contributed by atoms with E-state index in [1.54, 1.807) is 60.7 Å². The lowest BCUT2D eigenvalue weighted by molar-refractivity contribution is -0.113. The smallest absolute Gasteiger partial charge is 0.335 e. The van der Waals surface area contributed by atoms with Gasteiger partial charge in [-0.3, -0.25) is 9.59 Å². The zero-order valence-electron chi connectivity index (χ0n) is 17.9. The van der Waals surface area contributed by atoms with Gasteiger partial charge in [0.1, 0.15) is 6.61 Å². The molecule has 0 saturated carbocycles. The Hall–Kier alpha value is -3.75. The first kappa shape index (κ1) is 23.4. The summed E-state index contributed by atoms with van der Waals surface area (Å²) in [5.41, 5.74) is 2.11. The van der Waals surface area contributed by atoms with E-state index in [0.717, 1.165) is 22.2 Å². The number of methoxy groups -OCH3 is 1. The molecule has 0 atom stereocenters. The number of benzene rings is 3. The van der Waals surface area contributed by atoms with Crippen molar-refractivity contribution in [2.75, 3.05) is 12.0 Å². The highest BCUT2D eigenvalue weighted by Crippen LogP contribution is 2.37. The quantitative estimate of drug-likeness (QED) is 0.410. The van der Waals surface area contributed by atoms with Crippen LogP contribution in [0.15, 0.2) is 71.6 Å². The van der Waals surface area contributed by atoms with Gasteiger partial charge in [-0.15, -0.1) is 0 Å². The summed E-state index contributed by atoms with van der Waals surface area (Å²) in [6.45, 7) is 0.218. The molecule has 3 aromatic rings. The number of carbonyl (C=O) groups is 3. The number of imide groups is 1. The normalized spacial score (nSPS) is 14.5. The van der Waals surface area contributed by atoms with Gasteiger partial charge in [0.25, 0.3) is 11.1 Å². The number of ether oxygens (including phenoxy) is 2. The van der Waals surface area contributed by atoms with Gasteiger partial charge in [-0.1, -0.05) is 29.8 Å². The predicted molar refractivity (Wildman–Crippen MR) is 131 cm³/mol. The molecule has 1 fully saturated rings. The Morgan fingerprint density at radius 1 is 1.03 bits per heavy atom. The number of nitrogens with zero attached hydrogens (tertiary/aromatic N) is 1. The van der Waals surface area contributed by atoms with E-state index in [4.69, 9.17) is 26.2 Å². The van der Waals surface area contributed by atoms with Crippen molar-refractivity contribution in [1.82, 2.24) is 0 Å². The number of hydrogen-bond donors (Lipinski definition) is 1. The zero-order valence-corrected chi connectivity index (χ0v) is 19.4. The number of anilines is 1. The van der Waals surface area contributed by atoms with Crippen molar-refractivity contribution >= 4 is 52.2 Å². The fourth-order valence-electron chi connectivity index (χ4n) is 3.23. The Kier molecular flexibility index (Phi) is 6.90. The minimum Gasteiger partial charge on any atom is -0.493 e. The largest absolute Gasteiger partial charge is 0.493 e. The maximum atomic E-state index is 12.8. The average molecular weight is 496 g/mol. The van der Waals surface area contributed by atoms with Gasteiger partial charge in [-0.2, -0.15) is 0 Å². The van der Waals surface area contributed by atoms with Crippen molar-refractivity contribution in [3.8, 4) is 11.5 Å². The van der Waals surface area contributed by atoms with Crippen LogP contribution in [0.3, 0.4) is 0 Å². The van der Waals surface area contributed by atoms with Crippen molar-refractivity contribution < 1.29 is 29.0 Å². The third-order valence-corrected chi connectivity index (χ3v) is 6.08. The molecule has 9 heteroatoms. The lowest BCUT2D eigenvalue weighted by atomic mass is 10.1. The number of carboxylic acid groups (broad SMARTS) is 1. The number of thioether (sulfide) groups is 1. The Labute approximate surface area is 204 Å². The highest BCUT2D eigenvalue weighted by molar-refractivity contribution is 8.19. The van der Waals surface area contributed by atoms with Crippen LogP contribution in [0.5, 0.6) is 11.5 Å². The molecule has 1 aliphatic heterocycles. The van der Waals surface area contributed by atoms with Crippen molar-refractivity contribution in [3.63, 3.8) is 0 Å². The van der Waals surface area contributed by atoms with Crippen LogP contribution in [0, 0.1) is 0 Å². The van der Waals surface area contributed by atoms with Crippen LogP contribution in [-0.2, 0) is 11.4 Å². The minimum absolute atomic E-state index is 0.200. The maximum Gasteiger partial charge on any atom is 0.335 e. The number of aromatic carboxylic acids is 1. The van der Waals surface area contributed by atoms with Crippen LogP contribution in [-0.4, -0.2) is 29.3 Å². The number of hydrogen-bond acceptors (Lipinski definition) is 6. The molecule has 0 aliphatic carbocycles. The molecule has 0 radical (unpaired) electrons. The molecule has 0 aromatic heterocycles. The van der Waals surface area contributed by atoms with E-state index in [9.17, 15) is 14.4 Å². The van der Waals surface area contributed by atoms with Crippen molar-refractivity contribution in [1.29, 1.82) is 0 Å². The number of carbonyl (C=O) groups excluding carboxylic acids is 2. The lowest BCUT2D eigenvalue weighted by Gasteiger charge is -2.12. The van der Waals surface area contributed by atoms with Gasteiger partial charge in [0.2, 0.25) is 0 Å². The van der Waals surface area contributed by atoms with Gasteiger partial charge in [0.05, 0.1) is 23.3 Å². The van der Waals surface area contributed by atoms with Crippen LogP contribution in [0.4, 0.5) is 10.5 Å². The van der Waals surface area contributed by atoms with Gasteiger partial charge < -0.3 is 14.6 Å². The SMILES string of the molecule is COc1cc(C=C2SC(=O)N(c3ccc(Cl)cc3)C2=O)ccc1OCc1ccc(C(=O)O)cc1. The highest BCUT2D eigenvalue weighted by Gasteiger charge is 2.36. The first-order chi connectivity index (χ1) is 16.4. The number of amides is 2. The summed E-state index contributed by atoms with van der Waals surface area (Å²) in [7, 11) is 1.50. The summed E-state index contributed by atoms with van der Waals surface area (Å²) in [5.74, 6) is -0.471. The molecule has 1 N–H and O–H groups in total. The van der Waals surface area contributed by atoms with E-state index in [1.165, 1.54) is 19.2 Å². The van der Waals surface area contributed by atoms with Crippen molar-refractivity contribution in [3.05, 3.63) is 93.3 Å². The molecule has 1 aliphatic rings. The first-order valence-electron chi connectivity index (χ1n) is 10.0. The number of carboxylic acids is 1. The Morgan fingerprint density at radius 2 is 1.74 bits per heavy atom. The van der Waals surface area contributed by atoms with E-state index < -0.39 is 11.9 Å². The molecular formula is C25H18ClNO6S. The standard InChI is InChI=1S/C25H18ClNO6S/c1-32-21-12-16(4-11-20(21)33-14-15-2-5-17(6-3-15)24(29)30)13-22-23(28)27(25(31)34-22)19-9-7-18(26)8-10-19/h2-13H,14H2,1H3,(H,29,30). The molecule has 0 bridgehead atoms. The number of halogens is 1. The summed E-state index contributed by atoms with van der Waals surface area (Å²) in [6.07, 6.45) is 1.62. The van der Waals surface area contributed by atoms with Crippen LogP contribution in [0.25, 0.3) is 6.08 Å². The van der Waals surface area contributed by atoms with E-state index in [0.29, 0.717) is 27.8 Å².